The summed E-state index contributed by atoms with van der Waals surface area (Å²) in [5.41, 5.74) is 24.1. The summed E-state index contributed by atoms with van der Waals surface area (Å²) in [6, 6.07) is 22.6. The van der Waals surface area contributed by atoms with E-state index >= 15 is 0 Å². The zero-order valence-corrected chi connectivity index (χ0v) is 52.6. The number of hydrogen-bond donors (Lipinski definition) is 18. The SMILES string of the molecule is Nc1cc2[nH]c3cc4[nH]c5c(cc6[nH]c7c(N=Nc8ccc(NS(=O)(=O)c9ccc(N=Nc%10c(S(=O)(=O)O)cc%11cc(S(O)(O)O)c(N=Nc%12ccc(S(O)(O)O)cc%12)c(O)c%11c%10N)cc9)cc8)c(N)c(O)c8ssc5c6sc78)[nH]c4c4ssc(c1O)c2sc34. The van der Waals surface area contributed by atoms with E-state index in [2.05, 4.69) is 61.4 Å². The van der Waals surface area contributed by atoms with E-state index < -0.39 is 79.9 Å². The van der Waals surface area contributed by atoms with Gasteiger partial charge in [0.1, 0.15) is 58.8 Å². The zero-order chi connectivity index (χ0) is 63.2. The van der Waals surface area contributed by atoms with E-state index in [-0.39, 0.29) is 60.8 Å². The number of rotatable bonds is 12. The number of azo groups is 3. The average Bonchev–Trinajstić information content (AvgIpc) is 1.36. The molecule has 9 aromatic carbocycles. The highest BCUT2D eigenvalue weighted by Crippen LogP contribution is 2.57. The monoisotopic (exact) mass is 1400 g/mol. The molecule has 14 rings (SSSR count). The molecule has 0 saturated carbocycles. The Morgan fingerprint density at radius 2 is 0.878 bits per heavy atom. The zero-order valence-electron chi connectivity index (χ0n) is 44.4. The summed E-state index contributed by atoms with van der Waals surface area (Å²) in [7, 11) is -12.5. The fraction of sp³-hybridized carbons (Fsp3) is 0. The first-order chi connectivity index (χ1) is 42.7. The second-order valence-electron chi connectivity index (χ2n) is 19.8. The fourth-order valence-electron chi connectivity index (χ4n) is 9.84. The third kappa shape index (κ3) is 10.2. The van der Waals surface area contributed by atoms with Crippen molar-refractivity contribution in [1.29, 1.82) is 0 Å². The number of phenols is 3. The molecule has 14 aromatic rings. The van der Waals surface area contributed by atoms with Gasteiger partial charge in [-0.05, 0) is 109 Å². The maximum absolute atomic E-state index is 13.7. The van der Waals surface area contributed by atoms with Gasteiger partial charge in [0.2, 0.25) is 0 Å². The molecule has 0 amide bonds. The van der Waals surface area contributed by atoms with Crippen LogP contribution in [0.25, 0.3) is 92.5 Å². The third-order valence-corrected chi connectivity index (χ3v) is 26.1. The molecule has 0 aliphatic heterocycles. The summed E-state index contributed by atoms with van der Waals surface area (Å²) in [5.74, 6) is -1.10. The lowest BCUT2D eigenvalue weighted by Gasteiger charge is -2.23. The number of nitrogens with one attached hydrogen (secondary N) is 5. The largest absolute Gasteiger partial charge is 0.505 e. The summed E-state index contributed by atoms with van der Waals surface area (Å²) in [5, 5.41) is 57.7. The second-order valence-corrected chi connectivity index (χ2v) is 32.2. The first-order valence-electron chi connectivity index (χ1n) is 25.3. The number of aromatic hydroxyl groups is 3. The summed E-state index contributed by atoms with van der Waals surface area (Å²) in [6.45, 7) is 0. The summed E-state index contributed by atoms with van der Waals surface area (Å²) >= 11 is 3.03. The number of fused-ring (bicyclic) bond motifs is 5. The Kier molecular flexibility index (Phi) is 14.0. The molecular weight excluding hydrogens is 1370 g/mol. The number of sulfonamides is 1. The summed E-state index contributed by atoms with van der Waals surface area (Å²) in [6.07, 6.45) is 0. The van der Waals surface area contributed by atoms with Crippen LogP contribution in [0.3, 0.4) is 0 Å². The second kappa shape index (κ2) is 21.3. The summed E-state index contributed by atoms with van der Waals surface area (Å²) < 4.78 is 132. The molecule has 0 unspecified atom stereocenters. The van der Waals surface area contributed by atoms with Crippen LogP contribution in [0, 0.1) is 0 Å². The van der Waals surface area contributed by atoms with Crippen molar-refractivity contribution in [2.24, 2.45) is 30.7 Å². The number of anilines is 4. The van der Waals surface area contributed by atoms with Crippen LogP contribution < -0.4 is 21.9 Å². The first kappa shape index (κ1) is 59.1. The third-order valence-electron chi connectivity index (χ3n) is 14.1. The number of nitrogen functional groups attached to an aromatic ring is 3. The molecule has 5 aromatic heterocycles. The minimum Gasteiger partial charge on any atom is -0.505 e. The summed E-state index contributed by atoms with van der Waals surface area (Å²) in [4.78, 5) is 12.1. The van der Waals surface area contributed by atoms with Crippen LogP contribution in [0.1, 0.15) is 0 Å². The van der Waals surface area contributed by atoms with Crippen LogP contribution in [0.4, 0.5) is 56.9 Å². The highest BCUT2D eigenvalue weighted by Gasteiger charge is 2.30. The molecule has 0 atom stereocenters. The molecule has 28 nitrogen and oxygen atoms in total. The molecule has 0 aliphatic carbocycles. The minimum atomic E-state index is -5.21. The number of nitrogens with zero attached hydrogens (tertiary/aromatic N) is 6. The van der Waals surface area contributed by atoms with Gasteiger partial charge in [-0.3, -0.25) is 9.27 Å². The van der Waals surface area contributed by atoms with E-state index in [1.807, 2.05) is 6.07 Å². The van der Waals surface area contributed by atoms with Crippen LogP contribution in [-0.2, 0) is 20.1 Å². The van der Waals surface area contributed by atoms with Crippen molar-refractivity contribution < 1.29 is 64.0 Å². The van der Waals surface area contributed by atoms with Gasteiger partial charge in [-0.15, -0.1) is 38.0 Å². The van der Waals surface area contributed by atoms with Gasteiger partial charge in [0.25, 0.3) is 20.1 Å². The molecule has 90 heavy (non-hydrogen) atoms. The Labute approximate surface area is 527 Å². The molecule has 38 heteroatoms. The molecule has 0 saturated heterocycles. The van der Waals surface area contributed by atoms with Crippen molar-refractivity contribution >= 4 is 255 Å². The topological polar surface area (TPSA) is 498 Å². The molecule has 5 heterocycles. The number of H-pyrrole nitrogens is 4. The van der Waals surface area contributed by atoms with Crippen LogP contribution in [0.15, 0.2) is 153 Å². The van der Waals surface area contributed by atoms with E-state index in [4.69, 9.17) is 17.2 Å². The van der Waals surface area contributed by atoms with Crippen molar-refractivity contribution in [3.63, 3.8) is 0 Å². The number of hydrogen-bond acceptors (Lipinski definition) is 28. The minimum absolute atomic E-state index is 0.0228. The van der Waals surface area contributed by atoms with Crippen molar-refractivity contribution in [3.05, 3.63) is 103 Å². The van der Waals surface area contributed by atoms with Gasteiger partial charge in [0.15, 0.2) is 17.2 Å². The highest BCUT2D eigenvalue weighted by molar-refractivity contribution is 8.19. The van der Waals surface area contributed by atoms with E-state index in [0.717, 1.165) is 86.4 Å². The van der Waals surface area contributed by atoms with E-state index in [1.165, 1.54) is 113 Å². The Morgan fingerprint density at radius 1 is 0.411 bits per heavy atom. The Morgan fingerprint density at radius 3 is 1.44 bits per heavy atom. The fourth-order valence-corrected chi connectivity index (χ4v) is 21.4. The normalized spacial score (nSPS) is 13.5. The lowest BCUT2D eigenvalue weighted by atomic mass is 10.1. The number of aromatic amines is 4. The molecule has 0 fully saturated rings. The smallest absolute Gasteiger partial charge is 0.296 e. The van der Waals surface area contributed by atoms with Crippen LogP contribution in [-0.4, -0.2) is 84.0 Å². The van der Waals surface area contributed by atoms with Crippen LogP contribution in [0.2, 0.25) is 0 Å². The Hall–Kier alpha value is -8.52. The van der Waals surface area contributed by atoms with Gasteiger partial charge < -0.3 is 79.8 Å². The number of phenolic OH excluding ortho intramolecular Hbond substituents is 3. The lowest BCUT2D eigenvalue weighted by molar-refractivity contribution is 0.373. The lowest BCUT2D eigenvalue weighted by Crippen LogP contribution is -2.12. The van der Waals surface area contributed by atoms with Crippen molar-refractivity contribution in [2.45, 2.75) is 19.6 Å². The number of benzene rings is 9. The molecule has 21 N–H and O–H groups in total. The molecule has 4 bridgehead atoms. The predicted molar refractivity (Wildman–Crippen MR) is 360 cm³/mol. The average molecular weight is 1400 g/mol. The molecule has 0 aliphatic rings. The van der Waals surface area contributed by atoms with Crippen molar-refractivity contribution in [2.75, 3.05) is 21.9 Å². The maximum Gasteiger partial charge on any atom is 0.296 e. The molecule has 460 valence electrons. The van der Waals surface area contributed by atoms with E-state index in [1.54, 1.807) is 17.4 Å². The molecule has 0 radical (unpaired) electrons. The van der Waals surface area contributed by atoms with Crippen LogP contribution >= 0.6 is 85.8 Å². The van der Waals surface area contributed by atoms with Gasteiger partial charge in [-0.1, -0.05) is 41.4 Å². The number of aromatic nitrogens is 4. The number of nitrogens with two attached hydrogens (primary N) is 3. The van der Waals surface area contributed by atoms with Crippen LogP contribution in [0.5, 0.6) is 17.2 Å². The highest BCUT2D eigenvalue weighted by atomic mass is 32.9. The van der Waals surface area contributed by atoms with Gasteiger partial charge in [0, 0.05) is 5.69 Å². The Balaban J connectivity index is 0.730. The van der Waals surface area contributed by atoms with E-state index in [0.29, 0.717) is 25.3 Å². The van der Waals surface area contributed by atoms with E-state index in [9.17, 15) is 64.0 Å². The van der Waals surface area contributed by atoms with Crippen molar-refractivity contribution in [3.8, 4) is 17.2 Å². The predicted octanol–water partition coefficient (Wildman–Crippen LogP) is 17.8. The Bertz CT molecular complexity index is 5800. The van der Waals surface area contributed by atoms with Gasteiger partial charge in [-0.25, -0.2) is 8.42 Å². The quantitative estimate of drug-likeness (QED) is 0.0135. The molecule has 0 spiro atoms. The van der Waals surface area contributed by atoms with Gasteiger partial charge >= 0.3 is 0 Å². The maximum atomic E-state index is 13.7. The molecular formula is C52H38N14O14S10. The first-order valence-corrected chi connectivity index (χ1v) is 37.1. The van der Waals surface area contributed by atoms with Crippen molar-refractivity contribution in [1.82, 2.24) is 19.9 Å². The standard InChI is InChI=1S/C52H38N14O14S10/c53-25-15-28-47-51(42(25)67)85-83-49-36-26(16-29(56-28)45(49)81-47)57-37-27(58-36)17-30-46-50(37)84-86-52-44(69)35(55)40(41(59-30)48(52)82-46)65-62-19-1-3-22(4-2-19)66-87(70,71)23-9-5-20(6-10-23)60-63-38-31(89(75,76)77)13-18-14-32(90(78,79)80)39(43(68)33(18)34(38)54)64-61-21-7-11-24(12-8-21)88(72,73)74/h1-17,56-59,66-69,72-74,78-80H,53-55H2,(H,75,76,77). The van der Waals surface area contributed by atoms with Gasteiger partial charge in [0.05, 0.1) is 121 Å². The van der Waals surface area contributed by atoms with Gasteiger partial charge in [-0.2, -0.15) is 23.8 Å².